The average molecular weight is 457 g/mol. The zero-order chi connectivity index (χ0) is 21.9. The molecule has 5 nitrogen and oxygen atoms in total. The van der Waals surface area contributed by atoms with Crippen LogP contribution in [-0.2, 0) is 4.79 Å². The van der Waals surface area contributed by atoms with E-state index in [-0.39, 0.29) is 17.0 Å². The molecule has 1 aliphatic carbocycles. The van der Waals surface area contributed by atoms with Gasteiger partial charge < -0.3 is 5.32 Å². The number of benzene rings is 2. The fourth-order valence-electron chi connectivity index (χ4n) is 4.32. The van der Waals surface area contributed by atoms with Gasteiger partial charge in [0.15, 0.2) is 11.6 Å². The molecule has 1 aromatic heterocycles. The molecule has 5 rings (SSSR count). The second kappa shape index (κ2) is 7.18. The number of Topliss-reactive ketones (excluding diaryl/α,β-unsaturated/α-hetero) is 1. The van der Waals surface area contributed by atoms with Crippen LogP contribution in [0.3, 0.4) is 0 Å². The number of anilines is 1. The van der Waals surface area contributed by atoms with Crippen LogP contribution in [0.5, 0.6) is 0 Å². The van der Waals surface area contributed by atoms with E-state index in [4.69, 9.17) is 23.2 Å². The highest BCUT2D eigenvalue weighted by Crippen LogP contribution is 2.46. The number of hydrogen-bond acceptors (Lipinski definition) is 4. The van der Waals surface area contributed by atoms with Crippen molar-refractivity contribution in [1.82, 2.24) is 14.8 Å². The van der Waals surface area contributed by atoms with Crippen LogP contribution >= 0.6 is 23.2 Å². The van der Waals surface area contributed by atoms with Crippen molar-refractivity contribution in [3.05, 3.63) is 75.2 Å². The summed E-state index contributed by atoms with van der Waals surface area (Å²) in [5.74, 6) is 0.711. The Labute approximate surface area is 188 Å². The predicted molar refractivity (Wildman–Crippen MR) is 119 cm³/mol. The molecule has 158 valence electrons. The summed E-state index contributed by atoms with van der Waals surface area (Å²) in [6, 6.07) is 10.9. The number of rotatable bonds is 2. The summed E-state index contributed by atoms with van der Waals surface area (Å²) in [7, 11) is 0. The zero-order valence-corrected chi connectivity index (χ0v) is 18.4. The molecule has 1 aliphatic heterocycles. The molecule has 8 heteroatoms. The SMILES string of the molecule is CC1(C)CC(=O)C2=C(C1)Nc1nc(-c3ccc(F)cc3)nn1C2c1ccc(Cl)c(Cl)c1. The van der Waals surface area contributed by atoms with Gasteiger partial charge in [0.2, 0.25) is 5.95 Å². The summed E-state index contributed by atoms with van der Waals surface area (Å²) < 4.78 is 15.1. The number of fused-ring (bicyclic) bond motifs is 1. The van der Waals surface area contributed by atoms with Gasteiger partial charge in [0.05, 0.1) is 10.0 Å². The lowest BCUT2D eigenvalue weighted by molar-refractivity contribution is -0.118. The van der Waals surface area contributed by atoms with Gasteiger partial charge in [0.25, 0.3) is 0 Å². The second-order valence-corrected chi connectivity index (χ2v) is 9.56. The Bertz CT molecular complexity index is 1250. The topological polar surface area (TPSA) is 59.8 Å². The van der Waals surface area contributed by atoms with Gasteiger partial charge in [-0.3, -0.25) is 4.79 Å². The number of ketones is 1. The van der Waals surface area contributed by atoms with Gasteiger partial charge >= 0.3 is 0 Å². The molecule has 1 atom stereocenters. The normalized spacial score (nSPS) is 19.6. The van der Waals surface area contributed by atoms with E-state index in [1.54, 1.807) is 28.9 Å². The van der Waals surface area contributed by atoms with Gasteiger partial charge in [-0.1, -0.05) is 43.1 Å². The van der Waals surface area contributed by atoms with Crippen molar-refractivity contribution >= 4 is 34.9 Å². The average Bonchev–Trinajstić information content (AvgIpc) is 3.11. The molecule has 0 spiro atoms. The largest absolute Gasteiger partial charge is 0.328 e. The number of nitrogens with one attached hydrogen (secondary N) is 1. The first-order chi connectivity index (χ1) is 14.7. The van der Waals surface area contributed by atoms with E-state index in [0.717, 1.165) is 11.3 Å². The van der Waals surface area contributed by atoms with Crippen molar-refractivity contribution in [2.45, 2.75) is 32.7 Å². The van der Waals surface area contributed by atoms with Crippen molar-refractivity contribution in [1.29, 1.82) is 0 Å². The van der Waals surface area contributed by atoms with E-state index in [0.29, 0.717) is 45.8 Å². The molecule has 0 radical (unpaired) electrons. The molecular formula is C23H19Cl2FN4O. The van der Waals surface area contributed by atoms with E-state index < -0.39 is 6.04 Å². The number of carbonyl (C=O) groups excluding carboxylic acids is 1. The highest BCUT2D eigenvalue weighted by atomic mass is 35.5. The molecule has 3 aromatic rings. The van der Waals surface area contributed by atoms with Crippen LogP contribution in [0.1, 0.15) is 38.3 Å². The van der Waals surface area contributed by atoms with Crippen LogP contribution < -0.4 is 5.32 Å². The lowest BCUT2D eigenvalue weighted by atomic mass is 9.73. The summed E-state index contributed by atoms with van der Waals surface area (Å²) in [5, 5.41) is 8.85. The first-order valence-corrected chi connectivity index (χ1v) is 10.7. The first-order valence-electron chi connectivity index (χ1n) is 9.92. The number of allylic oxidation sites excluding steroid dienone is 2. The van der Waals surface area contributed by atoms with Crippen molar-refractivity contribution in [2.75, 3.05) is 5.32 Å². The van der Waals surface area contributed by atoms with Crippen LogP contribution in [0.2, 0.25) is 10.0 Å². The molecule has 31 heavy (non-hydrogen) atoms. The van der Waals surface area contributed by atoms with Crippen LogP contribution in [0.25, 0.3) is 11.4 Å². The molecule has 2 aromatic carbocycles. The summed E-state index contributed by atoms with van der Waals surface area (Å²) in [4.78, 5) is 17.9. The Hall–Kier alpha value is -2.70. The van der Waals surface area contributed by atoms with Gasteiger partial charge in [-0.25, -0.2) is 9.07 Å². The lowest BCUT2D eigenvalue weighted by Gasteiger charge is -2.38. The summed E-state index contributed by atoms with van der Waals surface area (Å²) >= 11 is 12.4. The molecule has 2 aliphatic rings. The molecule has 2 heterocycles. The van der Waals surface area contributed by atoms with Crippen molar-refractivity contribution in [2.24, 2.45) is 5.41 Å². The third-order valence-corrected chi connectivity index (χ3v) is 6.43. The van der Waals surface area contributed by atoms with E-state index in [1.165, 1.54) is 12.1 Å². The Morgan fingerprint density at radius 3 is 2.55 bits per heavy atom. The van der Waals surface area contributed by atoms with Crippen LogP contribution in [0, 0.1) is 11.2 Å². The Morgan fingerprint density at radius 1 is 1.10 bits per heavy atom. The molecular weight excluding hydrogens is 438 g/mol. The highest BCUT2D eigenvalue weighted by Gasteiger charge is 2.42. The molecule has 1 N–H and O–H groups in total. The smallest absolute Gasteiger partial charge is 0.226 e. The van der Waals surface area contributed by atoms with Crippen molar-refractivity contribution in [3.8, 4) is 11.4 Å². The third-order valence-electron chi connectivity index (χ3n) is 5.69. The van der Waals surface area contributed by atoms with E-state index in [2.05, 4.69) is 29.2 Å². The highest BCUT2D eigenvalue weighted by molar-refractivity contribution is 6.42. The number of halogens is 3. The Morgan fingerprint density at radius 2 is 1.84 bits per heavy atom. The number of carbonyl (C=O) groups is 1. The van der Waals surface area contributed by atoms with Crippen molar-refractivity contribution < 1.29 is 9.18 Å². The third kappa shape index (κ3) is 3.54. The standard InChI is InChI=1S/C23H19Cl2FN4O/c1-23(2)10-17-19(18(31)11-23)20(13-5-8-15(24)16(25)9-13)30-22(27-17)28-21(29-30)12-3-6-14(26)7-4-12/h3-9,20H,10-11H2,1-2H3,(H,27,28,29). The molecule has 0 saturated carbocycles. The minimum absolute atomic E-state index is 0.0688. The Kier molecular flexibility index (Phi) is 4.68. The van der Waals surface area contributed by atoms with Crippen LogP contribution in [0.15, 0.2) is 53.7 Å². The van der Waals surface area contributed by atoms with Crippen molar-refractivity contribution in [3.63, 3.8) is 0 Å². The molecule has 0 saturated heterocycles. The fourth-order valence-corrected chi connectivity index (χ4v) is 4.63. The first kappa shape index (κ1) is 20.2. The summed E-state index contributed by atoms with van der Waals surface area (Å²) in [6.45, 7) is 4.15. The second-order valence-electron chi connectivity index (χ2n) is 8.74. The van der Waals surface area contributed by atoms with Gasteiger partial charge in [-0.15, -0.1) is 5.10 Å². The van der Waals surface area contributed by atoms with E-state index in [1.807, 2.05) is 6.07 Å². The van der Waals surface area contributed by atoms with E-state index >= 15 is 0 Å². The van der Waals surface area contributed by atoms with Gasteiger partial charge in [0.1, 0.15) is 11.9 Å². The maximum Gasteiger partial charge on any atom is 0.226 e. The quantitative estimate of drug-likeness (QED) is 0.509. The monoisotopic (exact) mass is 456 g/mol. The fraction of sp³-hybridized carbons (Fsp3) is 0.261. The van der Waals surface area contributed by atoms with Gasteiger partial charge in [0, 0.05) is 23.3 Å². The molecule has 0 bridgehead atoms. The zero-order valence-electron chi connectivity index (χ0n) is 16.9. The summed E-state index contributed by atoms with van der Waals surface area (Å²) in [5.41, 5.74) is 2.84. The maximum absolute atomic E-state index is 13.4. The van der Waals surface area contributed by atoms with Gasteiger partial charge in [-0.2, -0.15) is 4.98 Å². The number of hydrogen-bond donors (Lipinski definition) is 1. The molecule has 1 unspecified atom stereocenters. The predicted octanol–water partition coefficient (Wildman–Crippen LogP) is 6.05. The molecule has 0 fully saturated rings. The summed E-state index contributed by atoms with van der Waals surface area (Å²) in [6.07, 6.45) is 1.16. The van der Waals surface area contributed by atoms with Crippen LogP contribution in [-0.4, -0.2) is 20.5 Å². The molecule has 0 amide bonds. The van der Waals surface area contributed by atoms with Gasteiger partial charge in [-0.05, 0) is 53.8 Å². The minimum Gasteiger partial charge on any atom is -0.328 e. The number of aromatic nitrogens is 3. The van der Waals surface area contributed by atoms with Crippen LogP contribution in [0.4, 0.5) is 10.3 Å². The van der Waals surface area contributed by atoms with E-state index in [9.17, 15) is 9.18 Å². The number of nitrogens with zero attached hydrogens (tertiary/aromatic N) is 3. The Balaban J connectivity index is 1.69. The minimum atomic E-state index is -0.480. The lowest BCUT2D eigenvalue weighted by Crippen LogP contribution is -2.36. The maximum atomic E-state index is 13.4.